The molecular formula is C26H39NO2. The van der Waals surface area contributed by atoms with Gasteiger partial charge in [0, 0.05) is 0 Å². The van der Waals surface area contributed by atoms with Gasteiger partial charge in [0.25, 0.3) is 0 Å². The highest BCUT2D eigenvalue weighted by atomic mass is 16.2. The van der Waals surface area contributed by atoms with Crippen LogP contribution in [0.25, 0.3) is 0 Å². The second kappa shape index (κ2) is 6.96. The van der Waals surface area contributed by atoms with Crippen molar-refractivity contribution in [3.8, 4) is 0 Å². The van der Waals surface area contributed by atoms with Gasteiger partial charge in [-0.25, -0.2) is 4.90 Å². The van der Waals surface area contributed by atoms with Gasteiger partial charge in [0.2, 0.25) is 11.8 Å². The van der Waals surface area contributed by atoms with Gasteiger partial charge in [-0.15, -0.1) is 0 Å². The van der Waals surface area contributed by atoms with Crippen molar-refractivity contribution in [3.05, 3.63) is 30.3 Å². The van der Waals surface area contributed by atoms with Gasteiger partial charge in [-0.2, -0.15) is 0 Å². The highest BCUT2D eigenvalue weighted by Gasteiger charge is 2.60. The molecule has 0 aliphatic heterocycles. The lowest BCUT2D eigenvalue weighted by molar-refractivity contribution is -0.142. The number of amides is 2. The first-order valence-corrected chi connectivity index (χ1v) is 11.2. The lowest BCUT2D eigenvalue weighted by Crippen LogP contribution is -2.56. The van der Waals surface area contributed by atoms with Crippen molar-refractivity contribution in [1.82, 2.24) is 0 Å². The Bertz CT molecular complexity index is 748. The topological polar surface area (TPSA) is 37.4 Å². The number of nitrogens with zero attached hydrogens (tertiary/aromatic N) is 1. The van der Waals surface area contributed by atoms with Gasteiger partial charge in [0.15, 0.2) is 0 Å². The molecular weight excluding hydrogens is 358 g/mol. The molecule has 0 heterocycles. The lowest BCUT2D eigenvalue weighted by Gasteiger charge is -2.46. The minimum Gasteiger partial charge on any atom is -0.273 e. The third kappa shape index (κ3) is 2.99. The van der Waals surface area contributed by atoms with Crippen molar-refractivity contribution in [2.75, 3.05) is 4.90 Å². The molecule has 3 heteroatoms. The molecule has 0 N–H and O–H groups in total. The summed E-state index contributed by atoms with van der Waals surface area (Å²) in [7, 11) is 0. The van der Waals surface area contributed by atoms with Crippen LogP contribution in [-0.2, 0) is 9.59 Å². The molecule has 2 saturated carbocycles. The van der Waals surface area contributed by atoms with Crippen LogP contribution in [-0.4, -0.2) is 11.8 Å². The Balaban J connectivity index is 2.10. The molecule has 1 aromatic carbocycles. The van der Waals surface area contributed by atoms with Gasteiger partial charge in [0.1, 0.15) is 0 Å². The molecule has 4 atom stereocenters. The normalized spacial score (nSPS) is 35.4. The monoisotopic (exact) mass is 397 g/mol. The minimum absolute atomic E-state index is 0.0281. The van der Waals surface area contributed by atoms with E-state index >= 15 is 0 Å². The quantitative estimate of drug-likeness (QED) is 0.548. The Kier molecular flexibility index (Phi) is 5.29. The van der Waals surface area contributed by atoms with Crippen LogP contribution in [0.3, 0.4) is 0 Å². The van der Waals surface area contributed by atoms with Crippen LogP contribution >= 0.6 is 0 Å². The molecule has 2 aliphatic rings. The van der Waals surface area contributed by atoms with Crippen LogP contribution in [0.1, 0.15) is 81.1 Å². The number of carbonyl (C=O) groups excluding carboxylic acids is 2. The Hall–Kier alpha value is -1.64. The number of anilines is 1. The summed E-state index contributed by atoms with van der Waals surface area (Å²) in [6.45, 7) is 17.4. The fourth-order valence-electron chi connectivity index (χ4n) is 5.63. The minimum atomic E-state index is -0.553. The smallest absolute Gasteiger partial charge is 0.240 e. The van der Waals surface area contributed by atoms with E-state index in [1.807, 2.05) is 30.3 Å². The van der Waals surface area contributed by atoms with Crippen molar-refractivity contribution >= 4 is 17.5 Å². The van der Waals surface area contributed by atoms with Gasteiger partial charge in [-0.3, -0.25) is 9.59 Å². The van der Waals surface area contributed by atoms with Gasteiger partial charge >= 0.3 is 0 Å². The van der Waals surface area contributed by atoms with E-state index in [1.54, 1.807) is 4.90 Å². The largest absolute Gasteiger partial charge is 0.273 e. The van der Waals surface area contributed by atoms with E-state index in [2.05, 4.69) is 55.4 Å². The van der Waals surface area contributed by atoms with Crippen molar-refractivity contribution < 1.29 is 9.59 Å². The van der Waals surface area contributed by atoms with E-state index in [0.29, 0.717) is 17.5 Å². The molecule has 3 nitrogen and oxygen atoms in total. The predicted molar refractivity (Wildman–Crippen MR) is 120 cm³/mol. The van der Waals surface area contributed by atoms with Crippen molar-refractivity contribution in [2.45, 2.75) is 81.1 Å². The summed E-state index contributed by atoms with van der Waals surface area (Å²) in [6, 6.07) is 9.57. The summed E-state index contributed by atoms with van der Waals surface area (Å²) in [5, 5.41) is 0. The van der Waals surface area contributed by atoms with E-state index in [1.165, 1.54) is 0 Å². The molecule has 0 aromatic heterocycles. The summed E-state index contributed by atoms with van der Waals surface area (Å²) in [5.74, 6) is 0.838. The first-order chi connectivity index (χ1) is 13.3. The Morgan fingerprint density at radius 1 is 0.759 bits per heavy atom. The SMILES string of the molecule is C[C@@H]1CC[C@@](C)(C(=O)N(C(=O)[C@@]2(C)CC[C@H](C)C2(C)C)c2ccccc2)C1(C)C. The maximum absolute atomic E-state index is 14.2. The summed E-state index contributed by atoms with van der Waals surface area (Å²) < 4.78 is 0. The molecule has 2 aliphatic carbocycles. The fourth-order valence-corrected chi connectivity index (χ4v) is 5.63. The molecule has 29 heavy (non-hydrogen) atoms. The first kappa shape index (κ1) is 22.1. The van der Waals surface area contributed by atoms with E-state index in [-0.39, 0.29) is 22.6 Å². The van der Waals surface area contributed by atoms with Crippen LogP contribution in [0, 0.1) is 33.5 Å². The number of hydrogen-bond donors (Lipinski definition) is 0. The summed E-state index contributed by atoms with van der Waals surface area (Å²) >= 11 is 0. The van der Waals surface area contributed by atoms with E-state index in [0.717, 1.165) is 25.7 Å². The molecule has 2 amide bonds. The lowest BCUT2D eigenvalue weighted by atomic mass is 9.63. The molecule has 0 unspecified atom stereocenters. The maximum atomic E-state index is 14.2. The summed E-state index contributed by atoms with van der Waals surface area (Å²) in [6.07, 6.45) is 3.69. The predicted octanol–water partition coefficient (Wildman–Crippen LogP) is 6.47. The third-order valence-electron chi connectivity index (χ3n) is 9.83. The zero-order valence-corrected chi connectivity index (χ0v) is 19.6. The number of imide groups is 1. The Labute approximate surface area is 177 Å². The van der Waals surface area contributed by atoms with E-state index in [4.69, 9.17) is 0 Å². The zero-order valence-electron chi connectivity index (χ0n) is 19.6. The number of rotatable bonds is 3. The van der Waals surface area contributed by atoms with Crippen LogP contribution in [0.4, 0.5) is 5.69 Å². The van der Waals surface area contributed by atoms with Crippen LogP contribution in [0.5, 0.6) is 0 Å². The molecule has 0 spiro atoms. The highest BCUT2D eigenvalue weighted by Crippen LogP contribution is 2.59. The fraction of sp³-hybridized carbons (Fsp3) is 0.692. The number of benzene rings is 1. The highest BCUT2D eigenvalue weighted by molar-refractivity contribution is 6.18. The van der Waals surface area contributed by atoms with Crippen LogP contribution < -0.4 is 4.90 Å². The van der Waals surface area contributed by atoms with Crippen LogP contribution in [0.15, 0.2) is 30.3 Å². The van der Waals surface area contributed by atoms with Gasteiger partial charge in [0.05, 0.1) is 16.5 Å². The van der Waals surface area contributed by atoms with E-state index in [9.17, 15) is 9.59 Å². The standard InChI is InChI=1S/C26H39NO2/c1-18-14-16-25(7,23(18,3)4)21(28)27(20-12-10-9-11-13-20)22(29)26(8)17-15-19(2)24(26,5)6/h9-13,18-19H,14-17H2,1-8H3/t18-,19+,25+,26-. The average molecular weight is 398 g/mol. The molecule has 1 aromatic rings. The third-order valence-corrected chi connectivity index (χ3v) is 9.83. The van der Waals surface area contributed by atoms with Gasteiger partial charge < -0.3 is 0 Å². The average Bonchev–Trinajstić information content (AvgIpc) is 3.02. The maximum Gasteiger partial charge on any atom is 0.240 e. The Morgan fingerprint density at radius 3 is 1.45 bits per heavy atom. The van der Waals surface area contributed by atoms with Crippen molar-refractivity contribution in [2.24, 2.45) is 33.5 Å². The number of hydrogen-bond acceptors (Lipinski definition) is 2. The second-order valence-corrected chi connectivity index (χ2v) is 11.3. The molecule has 3 rings (SSSR count). The first-order valence-electron chi connectivity index (χ1n) is 11.2. The number of para-hydroxylation sites is 1. The Morgan fingerprint density at radius 2 is 1.14 bits per heavy atom. The van der Waals surface area contributed by atoms with Gasteiger partial charge in [-0.05, 0) is 60.5 Å². The molecule has 0 bridgehead atoms. The molecule has 2 fully saturated rings. The van der Waals surface area contributed by atoms with Crippen LogP contribution in [0.2, 0.25) is 0 Å². The van der Waals surface area contributed by atoms with Gasteiger partial charge in [-0.1, -0.05) is 73.6 Å². The summed E-state index contributed by atoms with van der Waals surface area (Å²) in [4.78, 5) is 29.9. The second-order valence-electron chi connectivity index (χ2n) is 11.3. The van der Waals surface area contributed by atoms with Crippen molar-refractivity contribution in [3.63, 3.8) is 0 Å². The molecule has 160 valence electrons. The van der Waals surface area contributed by atoms with Crippen molar-refractivity contribution in [1.29, 1.82) is 0 Å². The summed E-state index contributed by atoms with van der Waals surface area (Å²) in [5.41, 5.74) is -0.713. The van der Waals surface area contributed by atoms with E-state index < -0.39 is 10.8 Å². The number of carbonyl (C=O) groups is 2. The molecule has 0 saturated heterocycles. The zero-order chi connectivity index (χ0) is 21.8. The molecule has 0 radical (unpaired) electrons.